The first-order chi connectivity index (χ1) is 11.7. The molecule has 3 rings (SSSR count). The second-order valence-corrected chi connectivity index (χ2v) is 5.47. The van der Waals surface area contributed by atoms with Crippen LogP contribution in [0.4, 0.5) is 0 Å². The van der Waals surface area contributed by atoms with Gasteiger partial charge in [-0.2, -0.15) is 0 Å². The molecule has 0 amide bonds. The van der Waals surface area contributed by atoms with E-state index in [0.717, 1.165) is 22.6 Å². The summed E-state index contributed by atoms with van der Waals surface area (Å²) in [5.41, 5.74) is 1.95. The highest BCUT2D eigenvalue weighted by molar-refractivity contribution is 5.74. The van der Waals surface area contributed by atoms with Crippen molar-refractivity contribution in [3.63, 3.8) is 0 Å². The molecule has 0 saturated carbocycles. The normalized spacial score (nSPS) is 12.2. The first kappa shape index (κ1) is 16.3. The van der Waals surface area contributed by atoms with E-state index < -0.39 is 6.10 Å². The minimum absolute atomic E-state index is 0.222. The molecule has 1 heterocycles. The van der Waals surface area contributed by atoms with Gasteiger partial charge in [0.05, 0.1) is 24.7 Å². The van der Waals surface area contributed by atoms with Crippen LogP contribution in [0.25, 0.3) is 11.0 Å². The summed E-state index contributed by atoms with van der Waals surface area (Å²) in [6.07, 6.45) is -0.600. The maximum atomic E-state index is 9.99. The minimum Gasteiger partial charge on any atom is -0.497 e. The van der Waals surface area contributed by atoms with E-state index in [-0.39, 0.29) is 6.61 Å². The van der Waals surface area contributed by atoms with E-state index in [4.69, 9.17) is 9.47 Å². The Morgan fingerprint density at radius 2 is 1.88 bits per heavy atom. The number of imidazole rings is 1. The lowest BCUT2D eigenvalue weighted by Gasteiger charge is -2.13. The number of benzene rings is 2. The maximum Gasteiger partial charge on any atom is 0.121 e. The molecule has 3 aromatic rings. The van der Waals surface area contributed by atoms with Gasteiger partial charge in [-0.05, 0) is 36.4 Å². The predicted octanol–water partition coefficient (Wildman–Crippen LogP) is 2.10. The Balaban J connectivity index is 1.41. The standard InChI is InChI=1S/C18H21N3O3/c1-23-14-6-8-15(9-7-14)24-12-13(22)10-19-11-18-20-16-4-2-3-5-17(16)21-18/h2-9,13,19,22H,10-12H2,1H3,(H,20,21). The van der Waals surface area contributed by atoms with Crippen molar-refractivity contribution in [1.82, 2.24) is 15.3 Å². The highest BCUT2D eigenvalue weighted by atomic mass is 16.5. The van der Waals surface area contributed by atoms with Gasteiger partial charge in [0.1, 0.15) is 30.0 Å². The van der Waals surface area contributed by atoms with Crippen molar-refractivity contribution in [3.8, 4) is 11.5 Å². The number of hydrogen-bond acceptors (Lipinski definition) is 5. The average Bonchev–Trinajstić information content (AvgIpc) is 3.03. The molecular weight excluding hydrogens is 306 g/mol. The van der Waals surface area contributed by atoms with Crippen LogP contribution in [-0.2, 0) is 6.54 Å². The molecule has 0 bridgehead atoms. The van der Waals surface area contributed by atoms with Gasteiger partial charge >= 0.3 is 0 Å². The number of nitrogens with one attached hydrogen (secondary N) is 2. The summed E-state index contributed by atoms with van der Waals surface area (Å²) in [5, 5.41) is 13.2. The van der Waals surface area contributed by atoms with E-state index in [1.165, 1.54) is 0 Å². The lowest BCUT2D eigenvalue weighted by atomic mass is 10.3. The first-order valence-corrected chi connectivity index (χ1v) is 7.84. The van der Waals surface area contributed by atoms with Crippen LogP contribution in [-0.4, -0.2) is 41.4 Å². The van der Waals surface area contributed by atoms with Crippen molar-refractivity contribution < 1.29 is 14.6 Å². The number of methoxy groups -OCH3 is 1. The number of aliphatic hydroxyl groups is 1. The van der Waals surface area contributed by atoms with Gasteiger partial charge in [-0.1, -0.05) is 12.1 Å². The van der Waals surface area contributed by atoms with E-state index in [2.05, 4.69) is 15.3 Å². The first-order valence-electron chi connectivity index (χ1n) is 7.84. The molecule has 1 unspecified atom stereocenters. The Hall–Kier alpha value is -2.57. The van der Waals surface area contributed by atoms with Gasteiger partial charge in [0.2, 0.25) is 0 Å². The Morgan fingerprint density at radius 3 is 2.62 bits per heavy atom. The lowest BCUT2D eigenvalue weighted by Crippen LogP contribution is -2.31. The second-order valence-electron chi connectivity index (χ2n) is 5.47. The predicted molar refractivity (Wildman–Crippen MR) is 92.3 cm³/mol. The maximum absolute atomic E-state index is 9.99. The molecule has 126 valence electrons. The van der Waals surface area contributed by atoms with Gasteiger partial charge in [0, 0.05) is 6.54 Å². The fourth-order valence-electron chi connectivity index (χ4n) is 2.37. The quantitative estimate of drug-likeness (QED) is 0.590. The zero-order chi connectivity index (χ0) is 16.8. The van der Waals surface area contributed by atoms with E-state index >= 15 is 0 Å². The third-order valence-electron chi connectivity index (χ3n) is 3.61. The van der Waals surface area contributed by atoms with Crippen molar-refractivity contribution >= 4 is 11.0 Å². The number of H-pyrrole nitrogens is 1. The van der Waals surface area contributed by atoms with Gasteiger partial charge in [-0.15, -0.1) is 0 Å². The third kappa shape index (κ3) is 4.24. The minimum atomic E-state index is -0.600. The second kappa shape index (κ2) is 7.81. The molecule has 0 aliphatic carbocycles. The Labute approximate surface area is 140 Å². The zero-order valence-corrected chi connectivity index (χ0v) is 13.5. The van der Waals surface area contributed by atoms with Crippen molar-refractivity contribution in [2.75, 3.05) is 20.3 Å². The molecule has 1 aromatic heterocycles. The van der Waals surface area contributed by atoms with Gasteiger partial charge in [0.25, 0.3) is 0 Å². The molecular formula is C18H21N3O3. The fourth-order valence-corrected chi connectivity index (χ4v) is 2.37. The average molecular weight is 327 g/mol. The van der Waals surface area contributed by atoms with Gasteiger partial charge in [0.15, 0.2) is 0 Å². The van der Waals surface area contributed by atoms with E-state index in [9.17, 15) is 5.11 Å². The van der Waals surface area contributed by atoms with Crippen molar-refractivity contribution in [2.45, 2.75) is 12.6 Å². The summed E-state index contributed by atoms with van der Waals surface area (Å²) in [7, 11) is 1.62. The van der Waals surface area contributed by atoms with Crippen LogP contribution in [0.5, 0.6) is 11.5 Å². The third-order valence-corrected chi connectivity index (χ3v) is 3.61. The summed E-state index contributed by atoms with van der Waals surface area (Å²) in [6, 6.07) is 15.2. The molecule has 0 spiro atoms. The molecule has 0 aliphatic rings. The van der Waals surface area contributed by atoms with Crippen molar-refractivity contribution in [3.05, 3.63) is 54.4 Å². The van der Waals surface area contributed by atoms with E-state index in [1.54, 1.807) is 7.11 Å². The summed E-state index contributed by atoms with van der Waals surface area (Å²) in [6.45, 7) is 1.21. The molecule has 6 heteroatoms. The number of ether oxygens (including phenoxy) is 2. The van der Waals surface area contributed by atoms with Gasteiger partial charge in [-0.25, -0.2) is 4.98 Å². The Bertz CT molecular complexity index is 738. The van der Waals surface area contributed by atoms with Crippen LogP contribution in [0.1, 0.15) is 5.82 Å². The molecule has 24 heavy (non-hydrogen) atoms. The highest BCUT2D eigenvalue weighted by Crippen LogP contribution is 2.17. The highest BCUT2D eigenvalue weighted by Gasteiger charge is 2.07. The van der Waals surface area contributed by atoms with Gasteiger partial charge < -0.3 is 24.9 Å². The summed E-state index contributed by atoms with van der Waals surface area (Å²) in [4.78, 5) is 7.72. The van der Waals surface area contributed by atoms with E-state index in [1.807, 2.05) is 48.5 Å². The van der Waals surface area contributed by atoms with Crippen LogP contribution < -0.4 is 14.8 Å². The number of nitrogens with zero attached hydrogens (tertiary/aromatic N) is 1. The number of aromatic nitrogens is 2. The van der Waals surface area contributed by atoms with Crippen molar-refractivity contribution in [1.29, 1.82) is 0 Å². The van der Waals surface area contributed by atoms with Crippen molar-refractivity contribution in [2.24, 2.45) is 0 Å². The van der Waals surface area contributed by atoms with Crippen LogP contribution in [0, 0.1) is 0 Å². The number of rotatable bonds is 8. The largest absolute Gasteiger partial charge is 0.497 e. The summed E-state index contributed by atoms with van der Waals surface area (Å²) in [5.74, 6) is 2.32. The molecule has 0 radical (unpaired) electrons. The summed E-state index contributed by atoms with van der Waals surface area (Å²) >= 11 is 0. The molecule has 2 aromatic carbocycles. The number of aliphatic hydroxyl groups excluding tert-OH is 1. The molecule has 1 atom stereocenters. The van der Waals surface area contributed by atoms with Crippen LogP contribution in [0.2, 0.25) is 0 Å². The molecule has 3 N–H and O–H groups in total. The smallest absolute Gasteiger partial charge is 0.121 e. The molecule has 6 nitrogen and oxygen atoms in total. The van der Waals surface area contributed by atoms with Crippen LogP contribution in [0.3, 0.4) is 0 Å². The number of hydrogen-bond donors (Lipinski definition) is 3. The van der Waals surface area contributed by atoms with Crippen LogP contribution >= 0.6 is 0 Å². The van der Waals surface area contributed by atoms with Crippen LogP contribution in [0.15, 0.2) is 48.5 Å². The Morgan fingerprint density at radius 1 is 1.12 bits per heavy atom. The molecule has 0 aliphatic heterocycles. The van der Waals surface area contributed by atoms with E-state index in [0.29, 0.717) is 18.8 Å². The number of fused-ring (bicyclic) bond motifs is 1. The lowest BCUT2D eigenvalue weighted by molar-refractivity contribution is 0.106. The number of aromatic amines is 1. The zero-order valence-electron chi connectivity index (χ0n) is 13.5. The number of para-hydroxylation sites is 2. The topological polar surface area (TPSA) is 79.4 Å². The SMILES string of the molecule is COc1ccc(OCC(O)CNCc2nc3ccccc3[nH]2)cc1. The van der Waals surface area contributed by atoms with Gasteiger partial charge in [-0.3, -0.25) is 0 Å². The molecule has 0 saturated heterocycles. The fraction of sp³-hybridized carbons (Fsp3) is 0.278. The Kier molecular flexibility index (Phi) is 5.30. The summed E-state index contributed by atoms with van der Waals surface area (Å²) < 4.78 is 10.6. The molecule has 0 fully saturated rings. The monoisotopic (exact) mass is 327 g/mol.